The van der Waals surface area contributed by atoms with E-state index in [-0.39, 0.29) is 17.8 Å². The average molecular weight is 218 g/mol. The number of hydrogen-bond acceptors (Lipinski definition) is 4. The maximum atomic E-state index is 11.7. The van der Waals surface area contributed by atoms with Crippen molar-refractivity contribution in [2.75, 3.05) is 25.4 Å². The molecule has 0 radical (unpaired) electrons. The van der Waals surface area contributed by atoms with E-state index in [9.17, 15) is 9.59 Å². The van der Waals surface area contributed by atoms with Crippen LogP contribution in [0.15, 0.2) is 0 Å². The van der Waals surface area contributed by atoms with Crippen molar-refractivity contribution in [3.8, 4) is 0 Å². The zero-order chi connectivity index (χ0) is 10.6. The summed E-state index contributed by atoms with van der Waals surface area (Å²) in [6.07, 6.45) is 0. The minimum atomic E-state index is -0.418. The lowest BCUT2D eigenvalue weighted by Gasteiger charge is -2.22. The second-order valence-corrected chi connectivity index (χ2v) is 3.93. The van der Waals surface area contributed by atoms with Gasteiger partial charge in [-0.05, 0) is 6.92 Å². The molecule has 0 aromatic carbocycles. The standard InChI is InChI=1S/C8H14N2O3S/c1-2-10(3-4-11)7(12)6-5-14-8(13)9-6/h6,11H,2-5H2,1H3,(H,9,13). The average Bonchev–Trinajstić information content (AvgIpc) is 2.60. The van der Waals surface area contributed by atoms with Crippen LogP contribution in [-0.4, -0.2) is 52.6 Å². The Kier molecular flexibility index (Phi) is 4.21. The van der Waals surface area contributed by atoms with Crippen LogP contribution in [0.2, 0.25) is 0 Å². The van der Waals surface area contributed by atoms with Gasteiger partial charge in [0.15, 0.2) is 0 Å². The van der Waals surface area contributed by atoms with Gasteiger partial charge in [-0.3, -0.25) is 9.59 Å². The summed E-state index contributed by atoms with van der Waals surface area (Å²) in [6, 6.07) is -0.418. The molecule has 1 rings (SSSR count). The highest BCUT2D eigenvalue weighted by atomic mass is 32.2. The molecule has 0 saturated carbocycles. The minimum Gasteiger partial charge on any atom is -0.395 e. The number of carbonyl (C=O) groups is 2. The van der Waals surface area contributed by atoms with Crippen molar-refractivity contribution in [2.24, 2.45) is 0 Å². The molecular weight excluding hydrogens is 204 g/mol. The van der Waals surface area contributed by atoms with E-state index in [1.165, 1.54) is 4.90 Å². The van der Waals surface area contributed by atoms with Crippen LogP contribution in [0, 0.1) is 0 Å². The molecule has 2 N–H and O–H groups in total. The second-order valence-electron chi connectivity index (χ2n) is 2.94. The maximum Gasteiger partial charge on any atom is 0.279 e. The van der Waals surface area contributed by atoms with E-state index in [1.54, 1.807) is 0 Å². The summed E-state index contributed by atoms with van der Waals surface area (Å²) in [5.74, 6) is 0.375. The third-order valence-electron chi connectivity index (χ3n) is 2.03. The molecule has 0 aromatic rings. The summed E-state index contributed by atoms with van der Waals surface area (Å²) in [4.78, 5) is 24.1. The Bertz CT molecular complexity index is 235. The summed E-state index contributed by atoms with van der Waals surface area (Å²) in [5, 5.41) is 11.2. The van der Waals surface area contributed by atoms with Crippen molar-refractivity contribution in [3.05, 3.63) is 0 Å². The van der Waals surface area contributed by atoms with E-state index in [1.807, 2.05) is 6.92 Å². The lowest BCUT2D eigenvalue weighted by Crippen LogP contribution is -2.46. The van der Waals surface area contributed by atoms with Crippen molar-refractivity contribution >= 4 is 22.9 Å². The number of nitrogens with one attached hydrogen (secondary N) is 1. The quantitative estimate of drug-likeness (QED) is 0.677. The molecule has 80 valence electrons. The molecule has 1 unspecified atom stereocenters. The number of carbonyl (C=O) groups excluding carboxylic acids is 2. The number of thioether (sulfide) groups is 1. The molecule has 14 heavy (non-hydrogen) atoms. The van der Waals surface area contributed by atoms with E-state index in [2.05, 4.69) is 5.32 Å². The molecule has 1 aliphatic heterocycles. The summed E-state index contributed by atoms with van der Waals surface area (Å²) in [7, 11) is 0. The monoisotopic (exact) mass is 218 g/mol. The Hall–Kier alpha value is -0.750. The van der Waals surface area contributed by atoms with Gasteiger partial charge >= 0.3 is 0 Å². The maximum absolute atomic E-state index is 11.7. The molecule has 1 atom stereocenters. The van der Waals surface area contributed by atoms with Gasteiger partial charge in [0.1, 0.15) is 6.04 Å². The van der Waals surface area contributed by atoms with Crippen LogP contribution in [0.5, 0.6) is 0 Å². The molecule has 1 saturated heterocycles. The van der Waals surface area contributed by atoms with Crippen molar-refractivity contribution in [2.45, 2.75) is 13.0 Å². The van der Waals surface area contributed by atoms with Crippen molar-refractivity contribution in [1.29, 1.82) is 0 Å². The number of aliphatic hydroxyl groups is 1. The Morgan fingerprint density at radius 3 is 2.93 bits per heavy atom. The number of rotatable bonds is 4. The van der Waals surface area contributed by atoms with E-state index in [0.29, 0.717) is 18.8 Å². The zero-order valence-electron chi connectivity index (χ0n) is 8.02. The third kappa shape index (κ3) is 2.62. The summed E-state index contributed by atoms with van der Waals surface area (Å²) >= 11 is 1.12. The molecule has 0 bridgehead atoms. The first-order valence-corrected chi connectivity index (χ1v) is 5.50. The smallest absolute Gasteiger partial charge is 0.279 e. The summed E-state index contributed by atoms with van der Waals surface area (Å²) in [6.45, 7) is 2.67. The van der Waals surface area contributed by atoms with Gasteiger partial charge in [0.2, 0.25) is 5.91 Å². The van der Waals surface area contributed by atoms with Gasteiger partial charge in [-0.1, -0.05) is 11.8 Å². The Morgan fingerprint density at radius 1 is 1.79 bits per heavy atom. The first kappa shape index (κ1) is 11.3. The zero-order valence-corrected chi connectivity index (χ0v) is 8.84. The predicted octanol–water partition coefficient (Wildman–Crippen LogP) is -0.348. The highest BCUT2D eigenvalue weighted by molar-refractivity contribution is 8.14. The van der Waals surface area contributed by atoms with Crippen LogP contribution in [0.3, 0.4) is 0 Å². The molecule has 1 aliphatic rings. The summed E-state index contributed by atoms with van der Waals surface area (Å²) < 4.78 is 0. The lowest BCUT2D eigenvalue weighted by molar-refractivity contribution is -0.132. The normalized spacial score (nSPS) is 20.7. The van der Waals surface area contributed by atoms with Gasteiger partial charge in [-0.2, -0.15) is 0 Å². The van der Waals surface area contributed by atoms with Crippen LogP contribution in [0.4, 0.5) is 4.79 Å². The largest absolute Gasteiger partial charge is 0.395 e. The van der Waals surface area contributed by atoms with Crippen LogP contribution in [-0.2, 0) is 4.79 Å². The molecule has 5 nitrogen and oxygen atoms in total. The lowest BCUT2D eigenvalue weighted by atomic mass is 10.3. The topological polar surface area (TPSA) is 69.6 Å². The molecule has 0 spiro atoms. The Balaban J connectivity index is 2.49. The molecule has 1 fully saturated rings. The fraction of sp³-hybridized carbons (Fsp3) is 0.750. The van der Waals surface area contributed by atoms with Crippen molar-refractivity contribution in [1.82, 2.24) is 10.2 Å². The van der Waals surface area contributed by atoms with Gasteiger partial charge in [0.05, 0.1) is 6.61 Å². The van der Waals surface area contributed by atoms with Crippen LogP contribution in [0.1, 0.15) is 6.92 Å². The number of amides is 2. The fourth-order valence-corrected chi connectivity index (χ4v) is 2.05. The fourth-order valence-electron chi connectivity index (χ4n) is 1.28. The van der Waals surface area contributed by atoms with Gasteiger partial charge < -0.3 is 15.3 Å². The van der Waals surface area contributed by atoms with E-state index < -0.39 is 6.04 Å². The molecule has 0 aromatic heterocycles. The van der Waals surface area contributed by atoms with Crippen LogP contribution < -0.4 is 5.32 Å². The van der Waals surface area contributed by atoms with Gasteiger partial charge in [0.25, 0.3) is 5.24 Å². The number of hydrogen-bond donors (Lipinski definition) is 2. The van der Waals surface area contributed by atoms with Gasteiger partial charge in [0, 0.05) is 18.8 Å². The van der Waals surface area contributed by atoms with Crippen molar-refractivity contribution < 1.29 is 14.7 Å². The Morgan fingerprint density at radius 2 is 2.50 bits per heavy atom. The summed E-state index contributed by atoms with van der Waals surface area (Å²) in [5.41, 5.74) is 0. The Labute approximate surface area is 86.8 Å². The first-order chi connectivity index (χ1) is 6.69. The number of aliphatic hydroxyl groups excluding tert-OH is 1. The van der Waals surface area contributed by atoms with E-state index >= 15 is 0 Å². The van der Waals surface area contributed by atoms with Gasteiger partial charge in [-0.15, -0.1) is 0 Å². The molecular formula is C8H14N2O3S. The first-order valence-electron chi connectivity index (χ1n) is 4.52. The molecule has 1 heterocycles. The molecule has 6 heteroatoms. The number of nitrogens with zero attached hydrogens (tertiary/aromatic N) is 1. The third-order valence-corrected chi connectivity index (χ3v) is 2.91. The highest BCUT2D eigenvalue weighted by Gasteiger charge is 2.30. The van der Waals surface area contributed by atoms with Crippen LogP contribution in [0.25, 0.3) is 0 Å². The van der Waals surface area contributed by atoms with Crippen molar-refractivity contribution in [3.63, 3.8) is 0 Å². The highest BCUT2D eigenvalue weighted by Crippen LogP contribution is 2.14. The van der Waals surface area contributed by atoms with E-state index in [0.717, 1.165) is 11.8 Å². The molecule has 2 amide bonds. The van der Waals surface area contributed by atoms with Crippen LogP contribution >= 0.6 is 11.8 Å². The van der Waals surface area contributed by atoms with E-state index in [4.69, 9.17) is 5.11 Å². The second kappa shape index (κ2) is 5.21. The van der Waals surface area contributed by atoms with Gasteiger partial charge in [-0.25, -0.2) is 0 Å². The molecule has 0 aliphatic carbocycles. The SMILES string of the molecule is CCN(CCO)C(=O)C1CSC(=O)N1. The minimum absolute atomic E-state index is 0.0482. The predicted molar refractivity (Wildman–Crippen MR) is 54.1 cm³/mol. The number of likely N-dealkylation sites (N-methyl/N-ethyl adjacent to an activating group) is 1.